The molecule has 1 unspecified atom stereocenters. The first kappa shape index (κ1) is 14.3. The standard InChI is InChI=1S/C11H12F3NO3/c12-11(13,14)9(10(17)18)6-15-5-7-1-3-8(16)4-2-7/h1-4,9,15-16H,5-6H2,(H,17,18). The Morgan fingerprint density at radius 1 is 1.28 bits per heavy atom. The number of carboxylic acid groups (broad SMARTS) is 1. The smallest absolute Gasteiger partial charge is 0.403 e. The summed E-state index contributed by atoms with van der Waals surface area (Å²) in [5.41, 5.74) is 0.652. The van der Waals surface area contributed by atoms with Crippen LogP contribution in [0, 0.1) is 5.92 Å². The Balaban J connectivity index is 2.49. The number of hydrogen-bond donors (Lipinski definition) is 3. The van der Waals surface area contributed by atoms with Crippen LogP contribution in [0.15, 0.2) is 24.3 Å². The molecule has 1 rings (SSSR count). The maximum Gasteiger partial charge on any atom is 0.403 e. The molecule has 0 aliphatic carbocycles. The Morgan fingerprint density at radius 2 is 1.83 bits per heavy atom. The molecule has 0 amide bonds. The second-order valence-corrected chi connectivity index (χ2v) is 3.73. The van der Waals surface area contributed by atoms with Gasteiger partial charge in [0.05, 0.1) is 0 Å². The van der Waals surface area contributed by atoms with E-state index in [0.717, 1.165) is 0 Å². The van der Waals surface area contributed by atoms with Crippen molar-refractivity contribution in [3.05, 3.63) is 29.8 Å². The third kappa shape index (κ3) is 4.25. The fraction of sp³-hybridized carbons (Fsp3) is 0.364. The molecule has 1 aromatic rings. The maximum absolute atomic E-state index is 12.3. The third-order valence-corrected chi connectivity index (χ3v) is 2.31. The lowest BCUT2D eigenvalue weighted by molar-refractivity contribution is -0.192. The predicted molar refractivity (Wildman–Crippen MR) is 57.0 cm³/mol. The highest BCUT2D eigenvalue weighted by atomic mass is 19.4. The highest BCUT2D eigenvalue weighted by Gasteiger charge is 2.44. The Hall–Kier alpha value is -1.76. The van der Waals surface area contributed by atoms with Gasteiger partial charge in [-0.25, -0.2) is 0 Å². The number of carboxylic acids is 1. The van der Waals surface area contributed by atoms with Crippen LogP contribution in [0.1, 0.15) is 5.56 Å². The minimum absolute atomic E-state index is 0.0532. The summed E-state index contributed by atoms with van der Waals surface area (Å²) < 4.78 is 36.9. The summed E-state index contributed by atoms with van der Waals surface area (Å²) in [7, 11) is 0. The summed E-state index contributed by atoms with van der Waals surface area (Å²) in [6.45, 7) is -0.597. The average molecular weight is 263 g/mol. The number of aliphatic carboxylic acids is 1. The number of alkyl halides is 3. The predicted octanol–water partition coefficient (Wildman–Crippen LogP) is 1.74. The quantitative estimate of drug-likeness (QED) is 0.757. The largest absolute Gasteiger partial charge is 0.508 e. The molecule has 0 spiro atoms. The van der Waals surface area contributed by atoms with Crippen molar-refractivity contribution >= 4 is 5.97 Å². The summed E-state index contributed by atoms with van der Waals surface area (Å²) in [5, 5.41) is 19.9. The number of hydrogen-bond acceptors (Lipinski definition) is 3. The van der Waals surface area contributed by atoms with Crippen molar-refractivity contribution in [2.45, 2.75) is 12.7 Å². The normalized spacial score (nSPS) is 13.3. The van der Waals surface area contributed by atoms with Gasteiger partial charge in [-0.15, -0.1) is 0 Å². The molecule has 0 heterocycles. The molecule has 0 saturated carbocycles. The highest BCUT2D eigenvalue weighted by molar-refractivity contribution is 5.71. The van der Waals surface area contributed by atoms with Crippen LogP contribution >= 0.6 is 0 Å². The molecule has 0 aliphatic rings. The molecule has 0 radical (unpaired) electrons. The zero-order valence-corrected chi connectivity index (χ0v) is 9.24. The van der Waals surface area contributed by atoms with Gasteiger partial charge in [0.25, 0.3) is 0 Å². The maximum atomic E-state index is 12.3. The molecule has 18 heavy (non-hydrogen) atoms. The third-order valence-electron chi connectivity index (χ3n) is 2.31. The van der Waals surface area contributed by atoms with Crippen LogP contribution in [0.3, 0.4) is 0 Å². The van der Waals surface area contributed by atoms with Crippen LogP contribution in [-0.4, -0.2) is 28.9 Å². The van der Waals surface area contributed by atoms with E-state index in [1.807, 2.05) is 0 Å². The number of rotatable bonds is 5. The number of nitrogens with one attached hydrogen (secondary N) is 1. The molecule has 1 aromatic carbocycles. The summed E-state index contributed by atoms with van der Waals surface area (Å²) >= 11 is 0. The van der Waals surface area contributed by atoms with Crippen molar-refractivity contribution in [1.82, 2.24) is 5.32 Å². The molecule has 4 nitrogen and oxygen atoms in total. The molecule has 0 fully saturated rings. The van der Waals surface area contributed by atoms with Gasteiger partial charge in [-0.2, -0.15) is 13.2 Å². The van der Waals surface area contributed by atoms with Crippen molar-refractivity contribution in [3.63, 3.8) is 0 Å². The van der Waals surface area contributed by atoms with E-state index in [1.54, 1.807) is 0 Å². The van der Waals surface area contributed by atoms with Gasteiger partial charge in [0.15, 0.2) is 5.92 Å². The first-order valence-corrected chi connectivity index (χ1v) is 5.09. The van der Waals surface area contributed by atoms with Crippen LogP contribution in [0.4, 0.5) is 13.2 Å². The second kappa shape index (κ2) is 5.72. The first-order chi connectivity index (χ1) is 8.30. The highest BCUT2D eigenvalue weighted by Crippen LogP contribution is 2.25. The fourth-order valence-electron chi connectivity index (χ4n) is 1.32. The molecule has 1 atom stereocenters. The minimum Gasteiger partial charge on any atom is -0.508 e. The van der Waals surface area contributed by atoms with Gasteiger partial charge in [-0.3, -0.25) is 4.79 Å². The van der Waals surface area contributed by atoms with E-state index in [9.17, 15) is 18.0 Å². The number of carbonyl (C=O) groups is 1. The molecule has 0 aliphatic heterocycles. The van der Waals surface area contributed by atoms with Crippen LogP contribution in [0.5, 0.6) is 5.75 Å². The van der Waals surface area contributed by atoms with E-state index in [1.165, 1.54) is 24.3 Å². The van der Waals surface area contributed by atoms with Crippen LogP contribution in [-0.2, 0) is 11.3 Å². The summed E-state index contributed by atoms with van der Waals surface area (Å²) in [6, 6.07) is 5.86. The number of benzene rings is 1. The molecule has 0 bridgehead atoms. The van der Waals surface area contributed by atoms with Gasteiger partial charge in [-0.05, 0) is 17.7 Å². The first-order valence-electron chi connectivity index (χ1n) is 5.09. The Kier molecular flexibility index (Phi) is 4.55. The molecule has 0 aromatic heterocycles. The van der Waals surface area contributed by atoms with E-state index in [4.69, 9.17) is 10.2 Å². The van der Waals surface area contributed by atoms with Crippen molar-refractivity contribution in [2.24, 2.45) is 5.92 Å². The molecule has 100 valence electrons. The van der Waals surface area contributed by atoms with Crippen molar-refractivity contribution < 1.29 is 28.2 Å². The molecular formula is C11H12F3NO3. The summed E-state index contributed by atoms with van der Waals surface area (Å²) in [5.74, 6) is -4.27. The van der Waals surface area contributed by atoms with Crippen LogP contribution < -0.4 is 5.32 Å². The lowest BCUT2D eigenvalue weighted by Gasteiger charge is -2.16. The number of halogens is 3. The van der Waals surface area contributed by atoms with Gasteiger partial charge in [0.1, 0.15) is 5.75 Å². The van der Waals surface area contributed by atoms with Gasteiger partial charge < -0.3 is 15.5 Å². The van der Waals surface area contributed by atoms with Crippen LogP contribution in [0.25, 0.3) is 0 Å². The lowest BCUT2D eigenvalue weighted by Crippen LogP contribution is -2.38. The average Bonchev–Trinajstić information content (AvgIpc) is 2.24. The molecule has 7 heteroatoms. The number of phenols is 1. The van der Waals surface area contributed by atoms with Crippen LogP contribution in [0.2, 0.25) is 0 Å². The molecule has 3 N–H and O–H groups in total. The van der Waals surface area contributed by atoms with Gasteiger partial charge in [0.2, 0.25) is 0 Å². The number of aromatic hydroxyl groups is 1. The van der Waals surface area contributed by atoms with E-state index >= 15 is 0 Å². The van der Waals surface area contributed by atoms with E-state index < -0.39 is 24.6 Å². The zero-order chi connectivity index (χ0) is 13.8. The molecular weight excluding hydrogens is 251 g/mol. The van der Waals surface area contributed by atoms with Crippen molar-refractivity contribution in [2.75, 3.05) is 6.54 Å². The minimum atomic E-state index is -4.77. The molecule has 0 saturated heterocycles. The van der Waals surface area contributed by atoms with E-state index in [2.05, 4.69) is 5.32 Å². The second-order valence-electron chi connectivity index (χ2n) is 3.73. The summed E-state index contributed by atoms with van der Waals surface area (Å²) in [4.78, 5) is 10.4. The van der Waals surface area contributed by atoms with Gasteiger partial charge in [0, 0.05) is 13.1 Å². The SMILES string of the molecule is O=C(O)C(CNCc1ccc(O)cc1)C(F)(F)F. The van der Waals surface area contributed by atoms with Gasteiger partial charge in [-0.1, -0.05) is 12.1 Å². The Bertz CT molecular complexity index is 403. The monoisotopic (exact) mass is 263 g/mol. The van der Waals surface area contributed by atoms with Gasteiger partial charge >= 0.3 is 12.1 Å². The van der Waals surface area contributed by atoms with E-state index in [-0.39, 0.29) is 12.3 Å². The topological polar surface area (TPSA) is 69.6 Å². The zero-order valence-electron chi connectivity index (χ0n) is 9.24. The van der Waals surface area contributed by atoms with Crippen molar-refractivity contribution in [1.29, 1.82) is 0 Å². The Morgan fingerprint density at radius 3 is 2.28 bits per heavy atom. The number of phenolic OH excluding ortho intramolecular Hbond substituents is 1. The van der Waals surface area contributed by atoms with E-state index in [0.29, 0.717) is 5.56 Å². The lowest BCUT2D eigenvalue weighted by atomic mass is 10.1. The fourth-order valence-corrected chi connectivity index (χ4v) is 1.32. The Labute approximate surface area is 101 Å². The summed E-state index contributed by atoms with van der Waals surface area (Å²) in [6.07, 6.45) is -4.77. The van der Waals surface area contributed by atoms with Crippen molar-refractivity contribution in [3.8, 4) is 5.75 Å².